The summed E-state index contributed by atoms with van der Waals surface area (Å²) in [5.41, 5.74) is 4.23. The Morgan fingerprint density at radius 1 is 1.13 bits per heavy atom. The third kappa shape index (κ3) is 7.00. The molecular weight excluding hydrogens is 587 g/mol. The highest BCUT2D eigenvalue weighted by atomic mass is 19.1. The number of carbonyl (C=O) groups is 2. The van der Waals surface area contributed by atoms with Crippen LogP contribution >= 0.6 is 0 Å². The molecule has 3 N–H and O–H groups in total. The average molecular weight is 623 g/mol. The van der Waals surface area contributed by atoms with Crippen LogP contribution < -0.4 is 10.1 Å². The number of rotatable bonds is 11. The van der Waals surface area contributed by atoms with E-state index in [2.05, 4.69) is 25.3 Å². The van der Waals surface area contributed by atoms with Gasteiger partial charge in [-0.15, -0.1) is 0 Å². The van der Waals surface area contributed by atoms with Gasteiger partial charge in [-0.2, -0.15) is 5.10 Å². The van der Waals surface area contributed by atoms with Gasteiger partial charge in [-0.05, 0) is 68.3 Å². The summed E-state index contributed by atoms with van der Waals surface area (Å²) < 4.78 is 20.6. The molecule has 1 atom stereocenters. The number of nitrogens with zero attached hydrogens (tertiary/aromatic N) is 4. The second kappa shape index (κ2) is 13.4. The minimum absolute atomic E-state index is 0.0597. The lowest BCUT2D eigenvalue weighted by molar-refractivity contribution is 0.101. The van der Waals surface area contributed by atoms with E-state index in [9.17, 15) is 19.1 Å². The number of anilines is 1. The van der Waals surface area contributed by atoms with Crippen LogP contribution in [0.4, 0.5) is 15.8 Å². The fourth-order valence-electron chi connectivity index (χ4n) is 5.63. The standard InChI is InChI=1S/C35H35FN6O4/c1-22-17-32(41(2)40-22)35(45)38-27-6-3-5-23(18-27)33(43)24-7-12-29-30(34(44)39-31(29)19-24)20-37-26-8-10-28(11-9-26)46-16-4-14-42-15-13-25(36)21-42/h3,5-12,17-20,25,39,44H,4,13-16,21H2,1-2H3,(H,38,45). The van der Waals surface area contributed by atoms with Crippen molar-refractivity contribution >= 4 is 40.2 Å². The molecule has 1 unspecified atom stereocenters. The number of aryl methyl sites for hydroxylation is 2. The third-order valence-electron chi connectivity index (χ3n) is 7.98. The lowest BCUT2D eigenvalue weighted by Crippen LogP contribution is -2.23. The number of H-pyrrole nitrogens is 1. The summed E-state index contributed by atoms with van der Waals surface area (Å²) in [5, 5.41) is 18.4. The Hall–Kier alpha value is -5.29. The van der Waals surface area contributed by atoms with Crippen LogP contribution in [0.3, 0.4) is 0 Å². The topological polar surface area (TPSA) is 125 Å². The van der Waals surface area contributed by atoms with Gasteiger partial charge in [0.15, 0.2) is 11.7 Å². The highest BCUT2D eigenvalue weighted by Crippen LogP contribution is 2.29. The van der Waals surface area contributed by atoms with Crippen molar-refractivity contribution in [2.45, 2.75) is 25.9 Å². The predicted octanol–water partition coefficient (Wildman–Crippen LogP) is 5.96. The van der Waals surface area contributed by atoms with E-state index < -0.39 is 6.17 Å². The number of carbonyl (C=O) groups excluding carboxylic acids is 2. The molecule has 46 heavy (non-hydrogen) atoms. The van der Waals surface area contributed by atoms with Gasteiger partial charge in [-0.25, -0.2) is 4.39 Å². The molecule has 1 fully saturated rings. The Morgan fingerprint density at radius 2 is 1.93 bits per heavy atom. The van der Waals surface area contributed by atoms with E-state index in [1.807, 2.05) is 31.2 Å². The molecule has 0 bridgehead atoms. The third-order valence-corrected chi connectivity index (χ3v) is 7.98. The minimum atomic E-state index is -0.707. The Kier molecular flexibility index (Phi) is 8.93. The molecule has 5 aromatic rings. The lowest BCUT2D eigenvalue weighted by atomic mass is 10.0. The van der Waals surface area contributed by atoms with Gasteiger partial charge in [0.05, 0.1) is 23.6 Å². The number of aromatic nitrogens is 3. The van der Waals surface area contributed by atoms with Gasteiger partial charge in [0.25, 0.3) is 5.91 Å². The number of ketones is 1. The van der Waals surface area contributed by atoms with Crippen molar-refractivity contribution in [3.05, 3.63) is 101 Å². The summed E-state index contributed by atoms with van der Waals surface area (Å²) in [7, 11) is 1.70. The van der Waals surface area contributed by atoms with Gasteiger partial charge in [-0.3, -0.25) is 19.3 Å². The molecule has 0 radical (unpaired) electrons. The molecule has 236 valence electrons. The Bertz CT molecular complexity index is 1910. The largest absolute Gasteiger partial charge is 0.494 e. The van der Waals surface area contributed by atoms with Crippen molar-refractivity contribution in [2.75, 3.05) is 31.6 Å². The second-order valence-corrected chi connectivity index (χ2v) is 11.4. The molecule has 0 saturated carbocycles. The van der Waals surface area contributed by atoms with Crippen LogP contribution in [-0.4, -0.2) is 75.1 Å². The first-order chi connectivity index (χ1) is 22.2. The number of benzene rings is 3. The van der Waals surface area contributed by atoms with Gasteiger partial charge < -0.3 is 25.0 Å². The van der Waals surface area contributed by atoms with Crippen molar-refractivity contribution in [1.82, 2.24) is 19.7 Å². The zero-order chi connectivity index (χ0) is 32.2. The number of alkyl halides is 1. The van der Waals surface area contributed by atoms with E-state index in [-0.39, 0.29) is 17.6 Å². The molecule has 2 aromatic heterocycles. The normalized spacial score (nSPS) is 15.2. The molecule has 6 rings (SSSR count). The highest BCUT2D eigenvalue weighted by Gasteiger charge is 2.21. The minimum Gasteiger partial charge on any atom is -0.494 e. The fraction of sp³-hybridized carbons (Fsp3) is 0.257. The van der Waals surface area contributed by atoms with E-state index >= 15 is 0 Å². The summed E-state index contributed by atoms with van der Waals surface area (Å²) in [6.07, 6.45) is 2.32. The van der Waals surface area contributed by atoms with Crippen molar-refractivity contribution in [3.8, 4) is 11.6 Å². The maximum Gasteiger partial charge on any atom is 0.273 e. The molecule has 0 spiro atoms. The predicted molar refractivity (Wildman–Crippen MR) is 175 cm³/mol. The van der Waals surface area contributed by atoms with Gasteiger partial charge in [-0.1, -0.05) is 24.3 Å². The van der Waals surface area contributed by atoms with Gasteiger partial charge >= 0.3 is 0 Å². The van der Waals surface area contributed by atoms with Gasteiger partial charge in [0, 0.05) is 60.6 Å². The van der Waals surface area contributed by atoms with Crippen molar-refractivity contribution in [1.29, 1.82) is 0 Å². The summed E-state index contributed by atoms with van der Waals surface area (Å²) in [6.45, 7) is 4.52. The Labute approximate surface area is 265 Å². The van der Waals surface area contributed by atoms with Crippen molar-refractivity contribution < 1.29 is 23.8 Å². The smallest absolute Gasteiger partial charge is 0.273 e. The molecule has 3 aromatic carbocycles. The number of hydrogen-bond donors (Lipinski definition) is 3. The molecule has 11 heteroatoms. The van der Waals surface area contributed by atoms with Gasteiger partial charge in [0.2, 0.25) is 0 Å². The fourth-order valence-corrected chi connectivity index (χ4v) is 5.63. The van der Waals surface area contributed by atoms with Crippen LogP contribution in [-0.2, 0) is 7.05 Å². The molecular formula is C35H35FN6O4. The summed E-state index contributed by atoms with van der Waals surface area (Å²) in [4.78, 5) is 35.7. The molecule has 1 saturated heterocycles. The number of aromatic amines is 1. The number of aliphatic imine (C=N–C) groups is 1. The SMILES string of the molecule is Cc1cc(C(=O)Nc2cccc(C(=O)c3ccc4c(C=Nc5ccc(OCCCN6CCC(F)C6)cc5)c(O)[nH]c4c3)c2)n(C)n1. The Morgan fingerprint density at radius 3 is 2.67 bits per heavy atom. The number of halogens is 1. The zero-order valence-electron chi connectivity index (χ0n) is 25.7. The second-order valence-electron chi connectivity index (χ2n) is 11.4. The van der Waals surface area contributed by atoms with Crippen LogP contribution in [0.2, 0.25) is 0 Å². The van der Waals surface area contributed by atoms with E-state index in [1.165, 1.54) is 4.68 Å². The number of aromatic hydroxyl groups is 1. The maximum atomic E-state index is 13.4. The van der Waals surface area contributed by atoms with E-state index in [0.717, 1.165) is 31.0 Å². The first kappa shape index (κ1) is 30.7. The quantitative estimate of drug-likeness (QED) is 0.0949. The molecule has 1 aliphatic heterocycles. The first-order valence-corrected chi connectivity index (χ1v) is 15.2. The van der Waals surface area contributed by atoms with E-state index in [1.54, 1.807) is 61.8 Å². The number of likely N-dealkylation sites (tertiary alicyclic amines) is 1. The molecule has 0 aliphatic carbocycles. The number of ether oxygens (including phenoxy) is 1. The van der Waals surface area contributed by atoms with E-state index in [0.29, 0.717) is 64.2 Å². The van der Waals surface area contributed by atoms with Crippen molar-refractivity contribution in [2.24, 2.45) is 12.0 Å². The molecule has 3 heterocycles. The molecule has 10 nitrogen and oxygen atoms in total. The van der Waals surface area contributed by atoms with Crippen LogP contribution in [0, 0.1) is 6.92 Å². The summed E-state index contributed by atoms with van der Waals surface area (Å²) in [6, 6.07) is 20.9. The average Bonchev–Trinajstić information content (AvgIpc) is 3.72. The Balaban J connectivity index is 1.09. The number of fused-ring (bicyclic) bond motifs is 1. The van der Waals surface area contributed by atoms with Gasteiger partial charge in [0.1, 0.15) is 17.6 Å². The maximum absolute atomic E-state index is 13.4. The van der Waals surface area contributed by atoms with Crippen LogP contribution in [0.25, 0.3) is 10.9 Å². The molecule has 1 aliphatic rings. The monoisotopic (exact) mass is 622 g/mol. The molecule has 1 amide bonds. The van der Waals surface area contributed by atoms with Crippen LogP contribution in [0.1, 0.15) is 50.5 Å². The number of hydrogen-bond acceptors (Lipinski definition) is 7. The lowest BCUT2D eigenvalue weighted by Gasteiger charge is -2.14. The summed E-state index contributed by atoms with van der Waals surface area (Å²) >= 11 is 0. The highest BCUT2D eigenvalue weighted by molar-refractivity contribution is 6.13. The van der Waals surface area contributed by atoms with Crippen molar-refractivity contribution in [3.63, 3.8) is 0 Å². The van der Waals surface area contributed by atoms with Crippen LogP contribution in [0.5, 0.6) is 11.6 Å². The zero-order valence-corrected chi connectivity index (χ0v) is 25.7. The van der Waals surface area contributed by atoms with E-state index in [4.69, 9.17) is 4.74 Å². The number of nitrogens with one attached hydrogen (secondary N) is 2. The number of amides is 1. The summed E-state index contributed by atoms with van der Waals surface area (Å²) in [5.74, 6) is 0.116. The first-order valence-electron chi connectivity index (χ1n) is 15.2. The van der Waals surface area contributed by atoms with Crippen LogP contribution in [0.15, 0.2) is 77.8 Å².